The van der Waals surface area contributed by atoms with Gasteiger partial charge in [-0.2, -0.15) is 4.31 Å². The maximum Gasteiger partial charge on any atom is 0.262 e. The summed E-state index contributed by atoms with van der Waals surface area (Å²) >= 11 is 3.46. The van der Waals surface area contributed by atoms with E-state index in [4.69, 9.17) is 4.74 Å². The third kappa shape index (κ3) is 4.53. The lowest BCUT2D eigenvalue weighted by Crippen LogP contribution is -2.44. The van der Waals surface area contributed by atoms with Crippen molar-refractivity contribution in [3.05, 3.63) is 45.9 Å². The molecule has 2 aliphatic rings. The van der Waals surface area contributed by atoms with E-state index in [9.17, 15) is 18.0 Å². The minimum atomic E-state index is -3.84. The highest BCUT2D eigenvalue weighted by Gasteiger charge is 2.35. The fourth-order valence-electron chi connectivity index (χ4n) is 3.96. The fraction of sp³-hybridized carbons (Fsp3) is 0.364. The number of fused-ring (bicyclic) bond motifs is 1. The first-order valence-corrected chi connectivity index (χ1v) is 12.5. The van der Waals surface area contributed by atoms with Crippen LogP contribution in [-0.2, 0) is 19.6 Å². The SMILES string of the molecule is Cc1ccc(NC(=O)[C@@H]2CCCN(S(=O)(=O)c3cc4c(cc3C)NC(=O)CO4)C2)c(Br)c1. The van der Waals surface area contributed by atoms with Crippen LogP contribution in [0.5, 0.6) is 5.75 Å². The molecule has 2 aliphatic heterocycles. The van der Waals surface area contributed by atoms with E-state index >= 15 is 0 Å². The maximum atomic E-state index is 13.4. The van der Waals surface area contributed by atoms with Gasteiger partial charge in [-0.3, -0.25) is 9.59 Å². The molecule has 0 bridgehead atoms. The third-order valence-electron chi connectivity index (χ3n) is 5.67. The summed E-state index contributed by atoms with van der Waals surface area (Å²) < 4.78 is 34.4. The summed E-state index contributed by atoms with van der Waals surface area (Å²) in [5, 5.41) is 5.59. The highest BCUT2D eigenvalue weighted by Crippen LogP contribution is 2.35. The number of aryl methyl sites for hydroxylation is 2. The van der Waals surface area contributed by atoms with Gasteiger partial charge in [-0.25, -0.2) is 8.42 Å². The molecule has 2 aromatic rings. The Bertz CT molecular complexity index is 1200. The number of carbonyl (C=O) groups excluding carboxylic acids is 2. The van der Waals surface area contributed by atoms with Gasteiger partial charge in [-0.05, 0) is 71.9 Å². The highest BCUT2D eigenvalue weighted by atomic mass is 79.9. The summed E-state index contributed by atoms with van der Waals surface area (Å²) in [5.74, 6) is -0.621. The van der Waals surface area contributed by atoms with Crippen LogP contribution in [0.1, 0.15) is 24.0 Å². The van der Waals surface area contributed by atoms with Gasteiger partial charge >= 0.3 is 0 Å². The molecule has 32 heavy (non-hydrogen) atoms. The van der Waals surface area contributed by atoms with Crippen molar-refractivity contribution in [2.24, 2.45) is 5.92 Å². The number of anilines is 2. The second-order valence-corrected chi connectivity index (χ2v) is 10.9. The van der Waals surface area contributed by atoms with E-state index in [1.54, 1.807) is 13.0 Å². The minimum Gasteiger partial charge on any atom is -0.482 e. The standard InChI is InChI=1S/C22H24BrN3O5S/c1-13-5-6-17(16(23)8-13)25-22(28)15-4-3-7-26(11-15)32(29,30)20-10-19-18(9-14(20)2)24-21(27)12-31-19/h5-6,8-10,15H,3-4,7,11-12H2,1-2H3,(H,24,27)(H,25,28)/t15-/m1/s1. The van der Waals surface area contributed by atoms with E-state index in [0.717, 1.165) is 10.0 Å². The number of amides is 2. The van der Waals surface area contributed by atoms with E-state index in [-0.39, 0.29) is 29.9 Å². The number of halogens is 1. The topological polar surface area (TPSA) is 105 Å². The van der Waals surface area contributed by atoms with Gasteiger partial charge in [0.1, 0.15) is 5.75 Å². The lowest BCUT2D eigenvalue weighted by atomic mass is 9.98. The van der Waals surface area contributed by atoms with Crippen molar-refractivity contribution >= 4 is 49.1 Å². The largest absolute Gasteiger partial charge is 0.482 e. The van der Waals surface area contributed by atoms with Crippen LogP contribution in [0.15, 0.2) is 39.7 Å². The molecule has 0 aliphatic carbocycles. The number of carbonyl (C=O) groups is 2. The Morgan fingerprint density at radius 2 is 2.03 bits per heavy atom. The van der Waals surface area contributed by atoms with Gasteiger partial charge < -0.3 is 15.4 Å². The Labute approximate surface area is 195 Å². The van der Waals surface area contributed by atoms with E-state index in [0.29, 0.717) is 42.1 Å². The highest BCUT2D eigenvalue weighted by molar-refractivity contribution is 9.10. The van der Waals surface area contributed by atoms with Crippen molar-refractivity contribution in [1.82, 2.24) is 4.31 Å². The van der Waals surface area contributed by atoms with Crippen LogP contribution in [0.4, 0.5) is 11.4 Å². The monoisotopic (exact) mass is 521 g/mol. The summed E-state index contributed by atoms with van der Waals surface area (Å²) in [5.41, 5.74) is 2.68. The summed E-state index contributed by atoms with van der Waals surface area (Å²) in [6.07, 6.45) is 1.20. The van der Waals surface area contributed by atoms with Crippen molar-refractivity contribution in [2.45, 2.75) is 31.6 Å². The second-order valence-electron chi connectivity index (χ2n) is 8.13. The molecule has 1 fully saturated rings. The molecule has 2 heterocycles. The molecular formula is C22H24BrN3O5S. The van der Waals surface area contributed by atoms with Crippen LogP contribution >= 0.6 is 15.9 Å². The first-order valence-electron chi connectivity index (χ1n) is 10.3. The minimum absolute atomic E-state index is 0.103. The molecule has 4 rings (SSSR count). The van der Waals surface area contributed by atoms with E-state index in [2.05, 4.69) is 26.6 Å². The molecule has 2 amide bonds. The molecule has 0 saturated carbocycles. The summed E-state index contributed by atoms with van der Waals surface area (Å²) in [6, 6.07) is 8.69. The van der Waals surface area contributed by atoms with Gasteiger partial charge in [-0.1, -0.05) is 6.07 Å². The zero-order valence-corrected chi connectivity index (χ0v) is 20.2. The van der Waals surface area contributed by atoms with E-state index in [1.807, 2.05) is 25.1 Å². The quantitative estimate of drug-likeness (QED) is 0.641. The number of benzene rings is 2. The molecule has 0 aromatic heterocycles. The molecule has 10 heteroatoms. The Kier molecular flexibility index (Phi) is 6.28. The molecule has 0 unspecified atom stereocenters. The van der Waals surface area contributed by atoms with Crippen LogP contribution < -0.4 is 15.4 Å². The molecule has 2 aromatic carbocycles. The molecule has 2 N–H and O–H groups in total. The lowest BCUT2D eigenvalue weighted by molar-refractivity contribution is -0.121. The number of ether oxygens (including phenoxy) is 1. The Hall–Kier alpha value is -2.43. The number of piperidine rings is 1. The maximum absolute atomic E-state index is 13.4. The van der Waals surface area contributed by atoms with Gasteiger partial charge in [0.25, 0.3) is 5.91 Å². The Morgan fingerprint density at radius 3 is 2.78 bits per heavy atom. The molecule has 170 valence electrons. The number of nitrogens with one attached hydrogen (secondary N) is 2. The number of rotatable bonds is 4. The predicted octanol–water partition coefficient (Wildman–Crippen LogP) is 3.44. The number of sulfonamides is 1. The molecule has 1 atom stereocenters. The Balaban J connectivity index is 1.53. The third-order valence-corrected chi connectivity index (χ3v) is 8.33. The van der Waals surface area contributed by atoms with Crippen molar-refractivity contribution < 1.29 is 22.7 Å². The van der Waals surface area contributed by atoms with Gasteiger partial charge in [0.2, 0.25) is 15.9 Å². The lowest BCUT2D eigenvalue weighted by Gasteiger charge is -2.32. The van der Waals surface area contributed by atoms with E-state index < -0.39 is 15.9 Å². The molecular weight excluding hydrogens is 498 g/mol. The number of hydrogen-bond donors (Lipinski definition) is 2. The first kappa shape index (κ1) is 22.8. The van der Waals surface area contributed by atoms with Gasteiger partial charge in [0.05, 0.1) is 22.2 Å². The predicted molar refractivity (Wildman–Crippen MR) is 124 cm³/mol. The van der Waals surface area contributed by atoms with Crippen LogP contribution in [-0.4, -0.2) is 44.2 Å². The van der Waals surface area contributed by atoms with Gasteiger partial charge in [-0.15, -0.1) is 0 Å². The average Bonchev–Trinajstić information content (AvgIpc) is 2.75. The fourth-order valence-corrected chi connectivity index (χ4v) is 6.30. The van der Waals surface area contributed by atoms with Crippen molar-refractivity contribution in [3.8, 4) is 5.75 Å². The summed E-state index contributed by atoms with van der Waals surface area (Å²) in [4.78, 5) is 24.5. The molecule has 0 radical (unpaired) electrons. The first-order chi connectivity index (χ1) is 15.1. The second kappa shape index (κ2) is 8.84. The van der Waals surface area contributed by atoms with Crippen LogP contribution in [0, 0.1) is 19.8 Å². The normalized spacial score (nSPS) is 19.0. The van der Waals surface area contributed by atoms with Crippen LogP contribution in [0.2, 0.25) is 0 Å². The number of hydrogen-bond acceptors (Lipinski definition) is 5. The zero-order chi connectivity index (χ0) is 23.0. The Morgan fingerprint density at radius 1 is 1.25 bits per heavy atom. The molecule has 8 nitrogen and oxygen atoms in total. The molecule has 1 saturated heterocycles. The van der Waals surface area contributed by atoms with Gasteiger partial charge in [0, 0.05) is 23.6 Å². The van der Waals surface area contributed by atoms with E-state index in [1.165, 1.54) is 10.4 Å². The van der Waals surface area contributed by atoms with Crippen molar-refractivity contribution in [1.29, 1.82) is 0 Å². The average molecular weight is 522 g/mol. The number of nitrogens with zero attached hydrogens (tertiary/aromatic N) is 1. The van der Waals surface area contributed by atoms with Crippen molar-refractivity contribution in [3.63, 3.8) is 0 Å². The zero-order valence-electron chi connectivity index (χ0n) is 17.8. The molecule has 0 spiro atoms. The smallest absolute Gasteiger partial charge is 0.262 e. The summed E-state index contributed by atoms with van der Waals surface area (Å²) in [7, 11) is -3.84. The van der Waals surface area contributed by atoms with Crippen LogP contribution in [0.25, 0.3) is 0 Å². The van der Waals surface area contributed by atoms with Crippen molar-refractivity contribution in [2.75, 3.05) is 30.3 Å². The summed E-state index contributed by atoms with van der Waals surface area (Å²) in [6.45, 7) is 3.93. The van der Waals surface area contributed by atoms with Gasteiger partial charge in [0.15, 0.2) is 6.61 Å². The van der Waals surface area contributed by atoms with Crippen LogP contribution in [0.3, 0.4) is 0 Å².